The average Bonchev–Trinajstić information content (AvgIpc) is 3.13. The Labute approximate surface area is 147 Å². The molecular formula is C16H12Cl2N2O4. The number of halogens is 2. The number of furan rings is 1. The molecule has 0 unspecified atom stereocenters. The SMILES string of the molecule is C[C@@H](NC(=O)CN1C(=O)c2cc(Cl)c(Cl)cc2C1=O)c1ccco1. The van der Waals surface area contributed by atoms with Crippen molar-refractivity contribution in [1.82, 2.24) is 10.2 Å². The highest BCUT2D eigenvalue weighted by Crippen LogP contribution is 2.31. The van der Waals surface area contributed by atoms with Gasteiger partial charge in [0.2, 0.25) is 5.91 Å². The Bertz CT molecular complexity index is 792. The van der Waals surface area contributed by atoms with Crippen molar-refractivity contribution in [2.45, 2.75) is 13.0 Å². The lowest BCUT2D eigenvalue weighted by atomic mass is 10.1. The van der Waals surface area contributed by atoms with Crippen molar-refractivity contribution in [2.24, 2.45) is 0 Å². The van der Waals surface area contributed by atoms with E-state index in [1.807, 2.05) is 0 Å². The number of hydrogen-bond acceptors (Lipinski definition) is 4. The lowest BCUT2D eigenvalue weighted by Crippen LogP contribution is -2.41. The van der Waals surface area contributed by atoms with Gasteiger partial charge in [0.1, 0.15) is 12.3 Å². The van der Waals surface area contributed by atoms with Gasteiger partial charge >= 0.3 is 0 Å². The summed E-state index contributed by atoms with van der Waals surface area (Å²) in [6.45, 7) is 1.34. The van der Waals surface area contributed by atoms with E-state index >= 15 is 0 Å². The standard InChI is InChI=1S/C16H12Cl2N2O4/c1-8(13-3-2-4-24-13)19-14(21)7-20-15(22)9-5-11(17)12(18)6-10(9)16(20)23/h2-6,8H,7H2,1H3,(H,19,21)/t8-/m1/s1. The van der Waals surface area contributed by atoms with Crippen LogP contribution in [0.25, 0.3) is 0 Å². The largest absolute Gasteiger partial charge is 0.467 e. The van der Waals surface area contributed by atoms with Crippen LogP contribution in [0.4, 0.5) is 0 Å². The van der Waals surface area contributed by atoms with Gasteiger partial charge in [-0.05, 0) is 31.2 Å². The summed E-state index contributed by atoms with van der Waals surface area (Å²) in [7, 11) is 0. The van der Waals surface area contributed by atoms with Gasteiger partial charge in [-0.3, -0.25) is 19.3 Å². The summed E-state index contributed by atoms with van der Waals surface area (Å²) in [6, 6.07) is 5.71. The molecule has 2 aromatic rings. The van der Waals surface area contributed by atoms with Crippen molar-refractivity contribution in [3.8, 4) is 0 Å². The molecule has 0 bridgehead atoms. The van der Waals surface area contributed by atoms with E-state index in [1.54, 1.807) is 19.1 Å². The van der Waals surface area contributed by atoms with Gasteiger partial charge in [0.25, 0.3) is 11.8 Å². The normalized spacial score (nSPS) is 14.7. The van der Waals surface area contributed by atoms with Crippen molar-refractivity contribution in [3.05, 3.63) is 57.5 Å². The molecule has 2 heterocycles. The molecule has 0 saturated carbocycles. The number of imide groups is 1. The molecule has 1 N–H and O–H groups in total. The first-order valence-corrected chi connectivity index (χ1v) is 7.82. The Hall–Kier alpha value is -2.31. The first-order valence-electron chi connectivity index (χ1n) is 7.06. The maximum absolute atomic E-state index is 12.3. The highest BCUT2D eigenvalue weighted by molar-refractivity contribution is 6.43. The van der Waals surface area contributed by atoms with Gasteiger partial charge in [-0.1, -0.05) is 23.2 Å². The van der Waals surface area contributed by atoms with Crippen LogP contribution in [0.1, 0.15) is 39.4 Å². The van der Waals surface area contributed by atoms with Crippen LogP contribution in [-0.2, 0) is 4.79 Å². The van der Waals surface area contributed by atoms with Crippen LogP contribution in [-0.4, -0.2) is 29.2 Å². The zero-order valence-electron chi connectivity index (χ0n) is 12.5. The molecule has 24 heavy (non-hydrogen) atoms. The Balaban J connectivity index is 1.73. The van der Waals surface area contributed by atoms with Gasteiger partial charge in [-0.2, -0.15) is 0 Å². The Kier molecular flexibility index (Phi) is 4.34. The Morgan fingerprint density at radius 1 is 1.21 bits per heavy atom. The minimum absolute atomic E-state index is 0.140. The molecule has 3 rings (SSSR count). The first kappa shape index (κ1) is 16.5. The van der Waals surface area contributed by atoms with Crippen LogP contribution in [0.2, 0.25) is 10.0 Å². The van der Waals surface area contributed by atoms with Gasteiger partial charge in [-0.15, -0.1) is 0 Å². The molecule has 0 fully saturated rings. The van der Waals surface area contributed by atoms with Gasteiger partial charge in [0.15, 0.2) is 0 Å². The third kappa shape index (κ3) is 2.90. The number of nitrogens with zero attached hydrogens (tertiary/aromatic N) is 1. The van der Waals surface area contributed by atoms with Crippen molar-refractivity contribution in [2.75, 3.05) is 6.54 Å². The molecule has 0 radical (unpaired) electrons. The number of fused-ring (bicyclic) bond motifs is 1. The van der Waals surface area contributed by atoms with Crippen LogP contribution in [0.3, 0.4) is 0 Å². The van der Waals surface area contributed by atoms with E-state index in [0.29, 0.717) is 5.76 Å². The van der Waals surface area contributed by atoms with Crippen molar-refractivity contribution in [3.63, 3.8) is 0 Å². The van der Waals surface area contributed by atoms with Crippen LogP contribution in [0.15, 0.2) is 34.9 Å². The van der Waals surface area contributed by atoms with Gasteiger partial charge < -0.3 is 9.73 Å². The fourth-order valence-corrected chi connectivity index (χ4v) is 2.79. The zero-order valence-corrected chi connectivity index (χ0v) is 14.0. The number of benzene rings is 1. The molecule has 1 atom stereocenters. The topological polar surface area (TPSA) is 79.6 Å². The van der Waals surface area contributed by atoms with E-state index in [-0.39, 0.29) is 27.2 Å². The monoisotopic (exact) mass is 366 g/mol. The van der Waals surface area contributed by atoms with E-state index in [2.05, 4.69) is 5.32 Å². The molecule has 0 aliphatic carbocycles. The van der Waals surface area contributed by atoms with Crippen LogP contribution >= 0.6 is 23.2 Å². The average molecular weight is 367 g/mol. The van der Waals surface area contributed by atoms with E-state index in [9.17, 15) is 14.4 Å². The Morgan fingerprint density at radius 3 is 2.29 bits per heavy atom. The number of carbonyl (C=O) groups excluding carboxylic acids is 3. The van der Waals surface area contributed by atoms with Crippen LogP contribution in [0, 0.1) is 0 Å². The summed E-state index contributed by atoms with van der Waals surface area (Å²) in [6.07, 6.45) is 1.50. The van der Waals surface area contributed by atoms with E-state index in [4.69, 9.17) is 27.6 Å². The number of carbonyl (C=O) groups is 3. The van der Waals surface area contributed by atoms with E-state index < -0.39 is 24.3 Å². The molecule has 3 amide bonds. The summed E-state index contributed by atoms with van der Waals surface area (Å²) < 4.78 is 5.19. The molecule has 1 aliphatic rings. The maximum atomic E-state index is 12.3. The second-order valence-corrected chi connectivity index (χ2v) is 6.13. The minimum Gasteiger partial charge on any atom is -0.467 e. The molecule has 1 aromatic heterocycles. The molecule has 6 nitrogen and oxygen atoms in total. The third-order valence-electron chi connectivity index (χ3n) is 3.66. The first-order chi connectivity index (χ1) is 11.4. The van der Waals surface area contributed by atoms with Crippen LogP contribution < -0.4 is 5.32 Å². The maximum Gasteiger partial charge on any atom is 0.262 e. The highest BCUT2D eigenvalue weighted by Gasteiger charge is 2.37. The molecule has 8 heteroatoms. The van der Waals surface area contributed by atoms with Crippen molar-refractivity contribution in [1.29, 1.82) is 0 Å². The fourth-order valence-electron chi connectivity index (χ4n) is 2.47. The van der Waals surface area contributed by atoms with E-state index in [0.717, 1.165) is 4.90 Å². The summed E-state index contributed by atoms with van der Waals surface area (Å²) in [5, 5.41) is 3.02. The lowest BCUT2D eigenvalue weighted by Gasteiger charge is -2.16. The van der Waals surface area contributed by atoms with E-state index in [1.165, 1.54) is 18.4 Å². The fraction of sp³-hybridized carbons (Fsp3) is 0.188. The van der Waals surface area contributed by atoms with Gasteiger partial charge in [-0.25, -0.2) is 0 Å². The second-order valence-electron chi connectivity index (χ2n) is 5.31. The molecule has 0 spiro atoms. The van der Waals surface area contributed by atoms with Gasteiger partial charge in [0.05, 0.1) is 33.5 Å². The predicted octanol–water partition coefficient (Wildman–Crippen LogP) is 3.06. The second kappa shape index (κ2) is 6.30. The highest BCUT2D eigenvalue weighted by atomic mass is 35.5. The molecule has 124 valence electrons. The quantitative estimate of drug-likeness (QED) is 0.843. The van der Waals surface area contributed by atoms with Crippen LogP contribution in [0.5, 0.6) is 0 Å². The minimum atomic E-state index is -0.575. The zero-order chi connectivity index (χ0) is 17.4. The summed E-state index contributed by atoms with van der Waals surface area (Å²) in [4.78, 5) is 37.6. The van der Waals surface area contributed by atoms with Crippen molar-refractivity contribution < 1.29 is 18.8 Å². The number of amides is 3. The number of rotatable bonds is 4. The summed E-state index contributed by atoms with van der Waals surface area (Å²) in [5.41, 5.74) is 0.280. The van der Waals surface area contributed by atoms with Crippen molar-refractivity contribution >= 4 is 40.9 Å². The number of hydrogen-bond donors (Lipinski definition) is 1. The molecular weight excluding hydrogens is 355 g/mol. The lowest BCUT2D eigenvalue weighted by molar-refractivity contribution is -0.122. The third-order valence-corrected chi connectivity index (χ3v) is 4.38. The summed E-state index contributed by atoms with van der Waals surface area (Å²) in [5.74, 6) is -1.06. The smallest absolute Gasteiger partial charge is 0.262 e. The molecule has 0 saturated heterocycles. The number of nitrogens with one attached hydrogen (secondary N) is 1. The predicted molar refractivity (Wildman–Crippen MR) is 87.1 cm³/mol. The molecule has 1 aliphatic heterocycles. The Morgan fingerprint density at radius 2 is 1.79 bits per heavy atom. The van der Waals surface area contributed by atoms with Gasteiger partial charge in [0, 0.05) is 0 Å². The molecule has 1 aromatic carbocycles. The summed E-state index contributed by atoms with van der Waals surface area (Å²) >= 11 is 11.8.